The molecule has 0 radical (unpaired) electrons. The molecule has 0 spiro atoms. The van der Waals surface area contributed by atoms with Gasteiger partial charge in [0.15, 0.2) is 0 Å². The molecule has 1 aromatic carbocycles. The molecule has 0 N–H and O–H groups in total. The lowest BCUT2D eigenvalue weighted by atomic mass is 9.99. The molecule has 1 unspecified atom stereocenters. The van der Waals surface area contributed by atoms with E-state index in [2.05, 4.69) is 33.4 Å². The van der Waals surface area contributed by atoms with Crippen molar-refractivity contribution in [3.05, 3.63) is 54.6 Å². The molecular formula is C16H22O. The lowest BCUT2D eigenvalue weighted by Gasteiger charge is -2.27. The molecule has 0 aliphatic rings. The van der Waals surface area contributed by atoms with Crippen molar-refractivity contribution in [1.82, 2.24) is 0 Å². The zero-order chi connectivity index (χ0) is 12.7. The molecule has 1 nitrogen and oxygen atoms in total. The molecule has 1 atom stereocenters. The van der Waals surface area contributed by atoms with Crippen molar-refractivity contribution in [2.75, 3.05) is 0 Å². The van der Waals surface area contributed by atoms with E-state index in [4.69, 9.17) is 4.74 Å². The van der Waals surface area contributed by atoms with Crippen molar-refractivity contribution in [2.24, 2.45) is 0 Å². The highest BCUT2D eigenvalue weighted by atomic mass is 16.5. The van der Waals surface area contributed by atoms with Gasteiger partial charge in [0.05, 0.1) is 0 Å². The van der Waals surface area contributed by atoms with Gasteiger partial charge in [0.1, 0.15) is 11.4 Å². The van der Waals surface area contributed by atoms with Gasteiger partial charge in [-0.05, 0) is 51.8 Å². The molecule has 0 saturated heterocycles. The van der Waals surface area contributed by atoms with E-state index < -0.39 is 0 Å². The summed E-state index contributed by atoms with van der Waals surface area (Å²) >= 11 is 0. The predicted octanol–water partition coefficient (Wildman–Crippen LogP) is 4.76. The fraction of sp³-hybridized carbons (Fsp3) is 0.375. The second-order valence-corrected chi connectivity index (χ2v) is 4.75. The summed E-state index contributed by atoms with van der Waals surface area (Å²) in [5, 5.41) is 0. The molecule has 0 bridgehead atoms. The van der Waals surface area contributed by atoms with E-state index >= 15 is 0 Å². The third kappa shape index (κ3) is 4.90. The van der Waals surface area contributed by atoms with Crippen LogP contribution in [0.1, 0.15) is 33.6 Å². The molecule has 0 aliphatic carbocycles. The van der Waals surface area contributed by atoms with Crippen LogP contribution in [0.25, 0.3) is 0 Å². The third-order valence-corrected chi connectivity index (χ3v) is 2.72. The Kier molecular flexibility index (Phi) is 5.02. The normalized spacial score (nSPS) is 13.6. The van der Waals surface area contributed by atoms with Gasteiger partial charge < -0.3 is 4.74 Å². The smallest absolute Gasteiger partial charge is 0.124 e. The Hall–Kier alpha value is -1.50. The summed E-state index contributed by atoms with van der Waals surface area (Å²) in [5.41, 5.74) is 1.05. The fourth-order valence-electron chi connectivity index (χ4n) is 1.60. The molecule has 0 aromatic heterocycles. The number of allylic oxidation sites excluding steroid dienone is 2. The van der Waals surface area contributed by atoms with E-state index in [9.17, 15) is 0 Å². The standard InChI is InChI=1S/C16H22O/c1-5-16(4,13-9-10-14(2)3)17-15-11-7-6-8-12-15/h5-8,10-12H,1,9,13H2,2-4H3. The molecule has 92 valence electrons. The van der Waals surface area contributed by atoms with Gasteiger partial charge in [0, 0.05) is 0 Å². The zero-order valence-electron chi connectivity index (χ0n) is 11.1. The van der Waals surface area contributed by atoms with E-state index in [1.807, 2.05) is 36.4 Å². The van der Waals surface area contributed by atoms with Crippen LogP contribution < -0.4 is 4.74 Å². The minimum absolute atomic E-state index is 0.298. The van der Waals surface area contributed by atoms with Crippen LogP contribution in [0.5, 0.6) is 5.75 Å². The topological polar surface area (TPSA) is 9.23 Å². The van der Waals surface area contributed by atoms with Crippen LogP contribution in [0.2, 0.25) is 0 Å². The van der Waals surface area contributed by atoms with Gasteiger partial charge in [-0.25, -0.2) is 0 Å². The lowest BCUT2D eigenvalue weighted by Crippen LogP contribution is -2.29. The monoisotopic (exact) mass is 230 g/mol. The number of benzene rings is 1. The molecule has 0 saturated carbocycles. The van der Waals surface area contributed by atoms with E-state index in [0.717, 1.165) is 18.6 Å². The Bertz CT molecular complexity index is 374. The second-order valence-electron chi connectivity index (χ2n) is 4.75. The first-order valence-electron chi connectivity index (χ1n) is 6.07. The third-order valence-electron chi connectivity index (χ3n) is 2.72. The van der Waals surface area contributed by atoms with Gasteiger partial charge in [0.25, 0.3) is 0 Å². The summed E-state index contributed by atoms with van der Waals surface area (Å²) in [6.45, 7) is 10.2. The highest BCUT2D eigenvalue weighted by molar-refractivity contribution is 5.23. The number of para-hydroxylation sites is 1. The van der Waals surface area contributed by atoms with Gasteiger partial charge in [-0.1, -0.05) is 36.4 Å². The molecule has 17 heavy (non-hydrogen) atoms. The first-order valence-corrected chi connectivity index (χ1v) is 6.07. The van der Waals surface area contributed by atoms with Gasteiger partial charge in [-0.3, -0.25) is 0 Å². The molecule has 0 fully saturated rings. The molecule has 1 rings (SSSR count). The van der Waals surface area contributed by atoms with Crippen LogP contribution in [0.3, 0.4) is 0 Å². The number of rotatable bonds is 6. The Balaban J connectivity index is 2.62. The van der Waals surface area contributed by atoms with Crippen molar-refractivity contribution < 1.29 is 4.74 Å². The second kappa shape index (κ2) is 6.29. The van der Waals surface area contributed by atoms with Crippen LogP contribution in [0.15, 0.2) is 54.6 Å². The average Bonchev–Trinajstić information content (AvgIpc) is 2.30. The summed E-state index contributed by atoms with van der Waals surface area (Å²) in [6, 6.07) is 9.90. The maximum atomic E-state index is 5.99. The van der Waals surface area contributed by atoms with Crippen LogP contribution in [0, 0.1) is 0 Å². The van der Waals surface area contributed by atoms with Crippen molar-refractivity contribution in [1.29, 1.82) is 0 Å². The summed E-state index contributed by atoms with van der Waals surface area (Å²) in [6.07, 6.45) is 6.07. The van der Waals surface area contributed by atoms with Crippen molar-refractivity contribution in [3.8, 4) is 5.75 Å². The molecule has 0 heterocycles. The van der Waals surface area contributed by atoms with Crippen LogP contribution in [-0.4, -0.2) is 5.60 Å². The summed E-state index contributed by atoms with van der Waals surface area (Å²) in [5.74, 6) is 0.895. The number of hydrogen-bond acceptors (Lipinski definition) is 1. The summed E-state index contributed by atoms with van der Waals surface area (Å²) < 4.78 is 5.99. The molecule has 0 amide bonds. The number of ether oxygens (including phenoxy) is 1. The largest absolute Gasteiger partial charge is 0.484 e. The maximum absolute atomic E-state index is 5.99. The molecule has 1 heteroatoms. The van der Waals surface area contributed by atoms with Gasteiger partial charge >= 0.3 is 0 Å². The van der Waals surface area contributed by atoms with Crippen LogP contribution in [-0.2, 0) is 0 Å². The molecule has 0 aliphatic heterocycles. The van der Waals surface area contributed by atoms with Crippen LogP contribution >= 0.6 is 0 Å². The SMILES string of the molecule is C=CC(C)(CCC=C(C)C)Oc1ccccc1. The lowest BCUT2D eigenvalue weighted by molar-refractivity contribution is 0.132. The number of hydrogen-bond donors (Lipinski definition) is 0. The Morgan fingerprint density at radius 3 is 2.47 bits per heavy atom. The summed E-state index contributed by atoms with van der Waals surface area (Å²) in [7, 11) is 0. The maximum Gasteiger partial charge on any atom is 0.124 e. The van der Waals surface area contributed by atoms with E-state index in [0.29, 0.717) is 0 Å². The minimum Gasteiger partial charge on any atom is -0.484 e. The molecular weight excluding hydrogens is 208 g/mol. The first kappa shape index (κ1) is 13.6. The average molecular weight is 230 g/mol. The van der Waals surface area contributed by atoms with Crippen molar-refractivity contribution >= 4 is 0 Å². The van der Waals surface area contributed by atoms with Gasteiger partial charge in [0.2, 0.25) is 0 Å². The van der Waals surface area contributed by atoms with Gasteiger partial charge in [-0.15, -0.1) is 0 Å². The van der Waals surface area contributed by atoms with E-state index in [1.54, 1.807) is 0 Å². The first-order chi connectivity index (χ1) is 8.06. The van der Waals surface area contributed by atoms with E-state index in [-0.39, 0.29) is 5.60 Å². The highest BCUT2D eigenvalue weighted by Gasteiger charge is 2.21. The fourth-order valence-corrected chi connectivity index (χ4v) is 1.60. The Labute approximate surface area is 105 Å². The zero-order valence-corrected chi connectivity index (χ0v) is 11.1. The Morgan fingerprint density at radius 2 is 1.94 bits per heavy atom. The predicted molar refractivity (Wildman–Crippen MR) is 74.3 cm³/mol. The van der Waals surface area contributed by atoms with Crippen molar-refractivity contribution in [3.63, 3.8) is 0 Å². The minimum atomic E-state index is -0.298. The Morgan fingerprint density at radius 1 is 1.29 bits per heavy atom. The molecule has 1 aromatic rings. The van der Waals surface area contributed by atoms with Crippen molar-refractivity contribution in [2.45, 2.75) is 39.2 Å². The van der Waals surface area contributed by atoms with Gasteiger partial charge in [-0.2, -0.15) is 0 Å². The summed E-state index contributed by atoms with van der Waals surface area (Å²) in [4.78, 5) is 0. The quantitative estimate of drug-likeness (QED) is 0.640. The highest BCUT2D eigenvalue weighted by Crippen LogP contribution is 2.23. The van der Waals surface area contributed by atoms with Crippen LogP contribution in [0.4, 0.5) is 0 Å². The van der Waals surface area contributed by atoms with E-state index in [1.165, 1.54) is 5.57 Å².